The Bertz CT molecular complexity index is 520. The molecule has 1 unspecified atom stereocenters. The second-order valence-electron chi connectivity index (χ2n) is 9.04. The van der Waals surface area contributed by atoms with E-state index in [0.29, 0.717) is 18.4 Å². The van der Waals surface area contributed by atoms with Gasteiger partial charge in [-0.25, -0.2) is 0 Å². The molecule has 2 amide bonds. The Morgan fingerprint density at radius 1 is 1.19 bits per heavy atom. The molecule has 3 fully saturated rings. The lowest BCUT2D eigenvalue weighted by Gasteiger charge is -2.43. The van der Waals surface area contributed by atoms with E-state index in [4.69, 9.17) is 10.5 Å². The van der Waals surface area contributed by atoms with E-state index < -0.39 is 0 Å². The van der Waals surface area contributed by atoms with Crippen LogP contribution in [0.15, 0.2) is 0 Å². The highest BCUT2D eigenvalue weighted by Gasteiger charge is 2.44. The van der Waals surface area contributed by atoms with Gasteiger partial charge in [-0.15, -0.1) is 0 Å². The van der Waals surface area contributed by atoms with Crippen LogP contribution in [0.25, 0.3) is 0 Å². The van der Waals surface area contributed by atoms with E-state index in [0.717, 1.165) is 51.6 Å². The van der Waals surface area contributed by atoms with Crippen molar-refractivity contribution in [2.45, 2.75) is 89.9 Å². The molecule has 6 heteroatoms. The zero-order chi connectivity index (χ0) is 18.9. The Hall–Kier alpha value is -1.14. The normalized spacial score (nSPS) is 32.7. The smallest absolute Gasteiger partial charge is 0.252 e. The molecule has 2 aliphatic heterocycles. The van der Waals surface area contributed by atoms with Gasteiger partial charge in [-0.05, 0) is 56.9 Å². The van der Waals surface area contributed by atoms with Gasteiger partial charge in [0.1, 0.15) is 6.10 Å². The number of nitrogens with zero attached hydrogens (tertiary/aromatic N) is 2. The van der Waals surface area contributed by atoms with Gasteiger partial charge in [0.25, 0.3) is 5.91 Å². The standard InChI is InChI=1S/C20H35N3O3/c1-4-22-13-15(12-16(22)18(21)24)23(19(25)17-6-5-11-26-17)14-7-9-20(2,3)10-8-14/h14-17H,4-13H2,1-3H3,(H2,21,24)/t15-,16-,17?/m0/s1. The Morgan fingerprint density at radius 2 is 1.88 bits per heavy atom. The van der Waals surface area contributed by atoms with Crippen molar-refractivity contribution in [3.8, 4) is 0 Å². The van der Waals surface area contributed by atoms with Crippen molar-refractivity contribution < 1.29 is 14.3 Å². The predicted molar refractivity (Wildman–Crippen MR) is 100 cm³/mol. The van der Waals surface area contributed by atoms with Gasteiger partial charge < -0.3 is 15.4 Å². The van der Waals surface area contributed by atoms with Crippen molar-refractivity contribution >= 4 is 11.8 Å². The van der Waals surface area contributed by atoms with Crippen LogP contribution in [-0.2, 0) is 14.3 Å². The maximum absolute atomic E-state index is 13.3. The highest BCUT2D eigenvalue weighted by molar-refractivity contribution is 5.83. The van der Waals surface area contributed by atoms with Crippen LogP contribution < -0.4 is 5.73 Å². The highest BCUT2D eigenvalue weighted by atomic mass is 16.5. The molecule has 1 saturated carbocycles. The lowest BCUT2D eigenvalue weighted by Crippen LogP contribution is -2.53. The third-order valence-corrected chi connectivity index (χ3v) is 6.67. The second-order valence-corrected chi connectivity index (χ2v) is 9.04. The molecule has 148 valence electrons. The van der Waals surface area contributed by atoms with E-state index in [1.165, 1.54) is 0 Å². The summed E-state index contributed by atoms with van der Waals surface area (Å²) in [5.74, 6) is -0.137. The molecule has 0 aromatic carbocycles. The lowest BCUT2D eigenvalue weighted by molar-refractivity contribution is -0.147. The average molecular weight is 366 g/mol. The molecule has 26 heavy (non-hydrogen) atoms. The van der Waals surface area contributed by atoms with E-state index in [1.807, 2.05) is 6.92 Å². The highest BCUT2D eigenvalue weighted by Crippen LogP contribution is 2.39. The van der Waals surface area contributed by atoms with Crippen LogP contribution in [0.3, 0.4) is 0 Å². The van der Waals surface area contributed by atoms with Crippen LogP contribution in [0.5, 0.6) is 0 Å². The van der Waals surface area contributed by atoms with Crippen LogP contribution in [0.4, 0.5) is 0 Å². The minimum atomic E-state index is -0.298. The first-order valence-corrected chi connectivity index (χ1v) is 10.3. The summed E-state index contributed by atoms with van der Waals surface area (Å²) in [5.41, 5.74) is 5.99. The van der Waals surface area contributed by atoms with Gasteiger partial charge in [-0.2, -0.15) is 0 Å². The number of primary amides is 1. The van der Waals surface area contributed by atoms with E-state index >= 15 is 0 Å². The monoisotopic (exact) mass is 365 g/mol. The fourth-order valence-corrected chi connectivity index (χ4v) is 4.99. The topological polar surface area (TPSA) is 75.9 Å². The van der Waals surface area contributed by atoms with Crippen molar-refractivity contribution in [1.29, 1.82) is 0 Å². The number of hydrogen-bond acceptors (Lipinski definition) is 4. The number of rotatable bonds is 5. The molecule has 3 aliphatic rings. The first kappa shape index (κ1) is 19.6. The minimum Gasteiger partial charge on any atom is -0.368 e. The number of amides is 2. The number of hydrogen-bond donors (Lipinski definition) is 1. The van der Waals surface area contributed by atoms with Crippen LogP contribution in [0.1, 0.15) is 65.7 Å². The number of ether oxygens (including phenoxy) is 1. The van der Waals surface area contributed by atoms with Gasteiger partial charge in [0, 0.05) is 25.2 Å². The van der Waals surface area contributed by atoms with E-state index in [-0.39, 0.29) is 36.0 Å². The first-order valence-electron chi connectivity index (χ1n) is 10.3. The Balaban J connectivity index is 1.79. The fourth-order valence-electron chi connectivity index (χ4n) is 4.99. The van der Waals surface area contributed by atoms with Gasteiger partial charge in [-0.1, -0.05) is 20.8 Å². The van der Waals surface area contributed by atoms with Crippen molar-refractivity contribution in [3.05, 3.63) is 0 Å². The number of carbonyl (C=O) groups excluding carboxylic acids is 2. The largest absolute Gasteiger partial charge is 0.368 e. The molecule has 0 aromatic rings. The zero-order valence-corrected chi connectivity index (χ0v) is 16.6. The molecule has 0 spiro atoms. The molecule has 0 bridgehead atoms. The SMILES string of the molecule is CCN1C[C@@H](N(C(=O)C2CCCO2)C2CCC(C)(C)CC2)C[C@H]1C(N)=O. The van der Waals surface area contributed by atoms with Crippen molar-refractivity contribution in [1.82, 2.24) is 9.80 Å². The number of likely N-dealkylation sites (N-methyl/N-ethyl adjacent to an activating group) is 1. The van der Waals surface area contributed by atoms with E-state index in [1.54, 1.807) is 0 Å². The van der Waals surface area contributed by atoms with Crippen LogP contribution >= 0.6 is 0 Å². The van der Waals surface area contributed by atoms with E-state index in [9.17, 15) is 9.59 Å². The summed E-state index contributed by atoms with van der Waals surface area (Å²) in [6.45, 7) is 8.87. The maximum Gasteiger partial charge on any atom is 0.252 e. The molecule has 0 radical (unpaired) electrons. The number of nitrogens with two attached hydrogens (primary N) is 1. The molecule has 2 saturated heterocycles. The minimum absolute atomic E-state index is 0.0652. The van der Waals surface area contributed by atoms with Crippen LogP contribution in [-0.4, -0.2) is 65.5 Å². The molecule has 3 atom stereocenters. The molecule has 2 N–H and O–H groups in total. The van der Waals surface area contributed by atoms with Gasteiger partial charge in [-0.3, -0.25) is 14.5 Å². The number of carbonyl (C=O) groups is 2. The molecule has 2 heterocycles. The fraction of sp³-hybridized carbons (Fsp3) is 0.900. The number of likely N-dealkylation sites (tertiary alicyclic amines) is 1. The third kappa shape index (κ3) is 4.06. The summed E-state index contributed by atoms with van der Waals surface area (Å²) in [7, 11) is 0. The average Bonchev–Trinajstić information content (AvgIpc) is 3.25. The van der Waals surface area contributed by atoms with Crippen molar-refractivity contribution in [2.24, 2.45) is 11.1 Å². The molecular weight excluding hydrogens is 330 g/mol. The summed E-state index contributed by atoms with van der Waals surface area (Å²) in [6, 6.07) is 0.0650. The Morgan fingerprint density at radius 3 is 2.38 bits per heavy atom. The summed E-state index contributed by atoms with van der Waals surface area (Å²) in [4.78, 5) is 29.4. The maximum atomic E-state index is 13.3. The molecular formula is C20H35N3O3. The summed E-state index contributed by atoms with van der Waals surface area (Å²) in [5, 5.41) is 0. The lowest BCUT2D eigenvalue weighted by atomic mass is 9.75. The zero-order valence-electron chi connectivity index (χ0n) is 16.6. The van der Waals surface area contributed by atoms with Gasteiger partial charge in [0.05, 0.1) is 6.04 Å². The van der Waals surface area contributed by atoms with Gasteiger partial charge in [0.15, 0.2) is 0 Å². The van der Waals surface area contributed by atoms with Crippen molar-refractivity contribution in [3.63, 3.8) is 0 Å². The summed E-state index contributed by atoms with van der Waals surface area (Å²) >= 11 is 0. The van der Waals surface area contributed by atoms with Crippen LogP contribution in [0.2, 0.25) is 0 Å². The molecule has 6 nitrogen and oxygen atoms in total. The predicted octanol–water partition coefficient (Wildman–Crippen LogP) is 1.91. The van der Waals surface area contributed by atoms with Gasteiger partial charge >= 0.3 is 0 Å². The Labute approximate surface area is 157 Å². The Kier molecular flexibility index (Phi) is 5.92. The molecule has 1 aliphatic carbocycles. The van der Waals surface area contributed by atoms with Crippen LogP contribution in [0, 0.1) is 5.41 Å². The first-order chi connectivity index (χ1) is 12.3. The summed E-state index contributed by atoms with van der Waals surface area (Å²) < 4.78 is 5.72. The van der Waals surface area contributed by atoms with Gasteiger partial charge in [0.2, 0.25) is 5.91 Å². The third-order valence-electron chi connectivity index (χ3n) is 6.67. The summed E-state index contributed by atoms with van der Waals surface area (Å²) in [6.07, 6.45) is 6.47. The molecule has 0 aromatic heterocycles. The molecule has 3 rings (SSSR count). The second kappa shape index (κ2) is 7.85. The van der Waals surface area contributed by atoms with Crippen molar-refractivity contribution in [2.75, 3.05) is 19.7 Å². The quantitative estimate of drug-likeness (QED) is 0.807. The van der Waals surface area contributed by atoms with E-state index in [2.05, 4.69) is 23.6 Å².